The molecule has 0 spiro atoms. The van der Waals surface area contributed by atoms with Gasteiger partial charge < -0.3 is 9.84 Å². The van der Waals surface area contributed by atoms with E-state index in [0.29, 0.717) is 25.9 Å². The highest BCUT2D eigenvalue weighted by Crippen LogP contribution is 2.05. The number of aliphatic hydroxyl groups excluding tert-OH is 1. The summed E-state index contributed by atoms with van der Waals surface area (Å²) in [5.74, 6) is -0.276. The lowest BCUT2D eigenvalue weighted by Crippen LogP contribution is -2.05. The first kappa shape index (κ1) is 14.8. The molecule has 4 heteroatoms. The van der Waals surface area contributed by atoms with Gasteiger partial charge in [0.25, 0.3) is 0 Å². The highest BCUT2D eigenvalue weighted by molar-refractivity contribution is 5.87. The Morgan fingerprint density at radius 2 is 2.06 bits per heavy atom. The Hall–Kier alpha value is -1.16. The first-order chi connectivity index (χ1) is 7.56. The van der Waals surface area contributed by atoms with E-state index in [4.69, 9.17) is 4.74 Å². The van der Waals surface area contributed by atoms with Gasteiger partial charge in [-0.2, -0.15) is 0 Å². The predicted molar refractivity (Wildman–Crippen MR) is 60.9 cm³/mol. The Balaban J connectivity index is 3.51. The van der Waals surface area contributed by atoms with E-state index in [0.717, 1.165) is 6.42 Å². The molecule has 0 aliphatic rings. The third-order valence-corrected chi connectivity index (χ3v) is 1.99. The van der Waals surface area contributed by atoms with E-state index in [2.05, 4.69) is 0 Å². The summed E-state index contributed by atoms with van der Waals surface area (Å²) in [6.45, 7) is 3.61. The largest absolute Gasteiger partial charge is 0.466 e. The lowest BCUT2D eigenvalue weighted by Gasteiger charge is -2.05. The number of hydrogen-bond donors (Lipinski definition) is 1. The molecular weight excluding hydrogens is 208 g/mol. The molecule has 0 bridgehead atoms. The van der Waals surface area contributed by atoms with Crippen LogP contribution in [0.25, 0.3) is 0 Å². The van der Waals surface area contributed by atoms with Crippen molar-refractivity contribution < 1.29 is 19.4 Å². The zero-order chi connectivity index (χ0) is 12.4. The number of ketones is 1. The van der Waals surface area contributed by atoms with E-state index in [1.165, 1.54) is 19.1 Å². The monoisotopic (exact) mass is 228 g/mol. The molecule has 1 unspecified atom stereocenters. The molecular formula is C12H20O4. The third kappa shape index (κ3) is 9.40. The van der Waals surface area contributed by atoms with Gasteiger partial charge in [-0.25, -0.2) is 0 Å². The summed E-state index contributed by atoms with van der Waals surface area (Å²) in [4.78, 5) is 21.5. The van der Waals surface area contributed by atoms with Gasteiger partial charge in [-0.3, -0.25) is 9.59 Å². The van der Waals surface area contributed by atoms with Crippen molar-refractivity contribution in [2.75, 3.05) is 6.61 Å². The molecule has 0 aliphatic heterocycles. The van der Waals surface area contributed by atoms with Gasteiger partial charge in [-0.05, 0) is 39.2 Å². The van der Waals surface area contributed by atoms with Crippen molar-refractivity contribution in [2.24, 2.45) is 0 Å². The summed E-state index contributed by atoms with van der Waals surface area (Å²) >= 11 is 0. The van der Waals surface area contributed by atoms with E-state index in [1.807, 2.05) is 0 Å². The molecule has 92 valence electrons. The van der Waals surface area contributed by atoms with Crippen LogP contribution >= 0.6 is 0 Å². The fraction of sp³-hybridized carbons (Fsp3) is 0.667. The molecule has 0 saturated heterocycles. The molecule has 16 heavy (non-hydrogen) atoms. The fourth-order valence-electron chi connectivity index (χ4n) is 1.20. The summed E-state index contributed by atoms with van der Waals surface area (Å²) in [7, 11) is 0. The number of esters is 1. The number of aliphatic hydroxyl groups is 1. The van der Waals surface area contributed by atoms with E-state index >= 15 is 0 Å². The lowest BCUT2D eigenvalue weighted by atomic mass is 10.1. The van der Waals surface area contributed by atoms with Crippen molar-refractivity contribution in [1.29, 1.82) is 0 Å². The van der Waals surface area contributed by atoms with Crippen LogP contribution in [0.1, 0.15) is 39.5 Å². The molecule has 1 N–H and O–H groups in total. The molecule has 4 nitrogen and oxygen atoms in total. The number of unbranched alkanes of at least 4 members (excludes halogenated alkanes) is 1. The van der Waals surface area contributed by atoms with E-state index in [-0.39, 0.29) is 11.8 Å². The second-order valence-electron chi connectivity index (χ2n) is 3.59. The van der Waals surface area contributed by atoms with Crippen LogP contribution in [0.15, 0.2) is 12.2 Å². The number of ether oxygens (including phenoxy) is 1. The van der Waals surface area contributed by atoms with Crippen molar-refractivity contribution in [3.8, 4) is 0 Å². The fourth-order valence-corrected chi connectivity index (χ4v) is 1.20. The molecule has 0 radical (unpaired) electrons. The summed E-state index contributed by atoms with van der Waals surface area (Å²) in [6, 6.07) is 0. The zero-order valence-electron chi connectivity index (χ0n) is 9.94. The van der Waals surface area contributed by atoms with Crippen molar-refractivity contribution >= 4 is 11.8 Å². The second kappa shape index (κ2) is 9.09. The highest BCUT2D eigenvalue weighted by atomic mass is 16.5. The summed E-state index contributed by atoms with van der Waals surface area (Å²) in [6.07, 6.45) is 4.61. The van der Waals surface area contributed by atoms with E-state index in [1.54, 1.807) is 6.92 Å². The van der Waals surface area contributed by atoms with Crippen molar-refractivity contribution in [3.05, 3.63) is 12.2 Å². The summed E-state index contributed by atoms with van der Waals surface area (Å²) < 4.78 is 4.77. The molecule has 0 saturated carbocycles. The number of rotatable bonds is 8. The summed E-state index contributed by atoms with van der Waals surface area (Å²) in [5, 5.41) is 9.41. The Labute approximate surface area is 96.3 Å². The third-order valence-electron chi connectivity index (χ3n) is 1.99. The number of allylic oxidation sites excluding steroid dienone is 1. The van der Waals surface area contributed by atoms with Gasteiger partial charge in [-0.1, -0.05) is 6.08 Å². The van der Waals surface area contributed by atoms with Gasteiger partial charge in [0.15, 0.2) is 5.78 Å². The van der Waals surface area contributed by atoms with Crippen molar-refractivity contribution in [1.82, 2.24) is 0 Å². The quantitative estimate of drug-likeness (QED) is 0.389. The maximum atomic E-state index is 11.0. The van der Waals surface area contributed by atoms with Crippen LogP contribution in [0.4, 0.5) is 0 Å². The van der Waals surface area contributed by atoms with Crippen LogP contribution in [-0.4, -0.2) is 29.6 Å². The minimum absolute atomic E-state index is 0.0782. The van der Waals surface area contributed by atoms with Crippen LogP contribution in [0.2, 0.25) is 0 Å². The number of carbonyl (C=O) groups is 2. The molecule has 0 amide bonds. The normalized spacial score (nSPS) is 12.7. The van der Waals surface area contributed by atoms with Crippen molar-refractivity contribution in [2.45, 2.75) is 45.6 Å². The maximum absolute atomic E-state index is 11.0. The average Bonchev–Trinajstić information content (AvgIpc) is 2.22. The van der Waals surface area contributed by atoms with E-state index in [9.17, 15) is 14.7 Å². The molecule has 1 atom stereocenters. The van der Waals surface area contributed by atoms with Gasteiger partial charge in [-0.15, -0.1) is 0 Å². The Morgan fingerprint density at radius 1 is 1.38 bits per heavy atom. The molecule has 0 aromatic heterocycles. The van der Waals surface area contributed by atoms with Crippen LogP contribution < -0.4 is 0 Å². The molecule has 0 aromatic rings. The molecule has 0 fully saturated rings. The first-order valence-corrected chi connectivity index (χ1v) is 5.58. The van der Waals surface area contributed by atoms with Gasteiger partial charge in [0.1, 0.15) is 0 Å². The molecule has 0 rings (SSSR count). The SMILES string of the molecule is CCOC(=O)CCCCC(O)/C=C/C(C)=O. The number of carbonyl (C=O) groups excluding carboxylic acids is 2. The molecule has 0 heterocycles. The van der Waals surface area contributed by atoms with Crippen LogP contribution in [-0.2, 0) is 14.3 Å². The molecule has 0 aliphatic carbocycles. The summed E-state index contributed by atoms with van der Waals surface area (Å²) in [5.41, 5.74) is 0. The Bertz CT molecular complexity index is 245. The smallest absolute Gasteiger partial charge is 0.305 e. The van der Waals surface area contributed by atoms with Crippen LogP contribution in [0.5, 0.6) is 0 Å². The first-order valence-electron chi connectivity index (χ1n) is 5.58. The van der Waals surface area contributed by atoms with E-state index < -0.39 is 6.10 Å². The van der Waals surface area contributed by atoms with Gasteiger partial charge in [0.2, 0.25) is 0 Å². The van der Waals surface area contributed by atoms with Crippen molar-refractivity contribution in [3.63, 3.8) is 0 Å². The predicted octanol–water partition coefficient (Wildman–Crippen LogP) is 1.62. The minimum Gasteiger partial charge on any atom is -0.466 e. The average molecular weight is 228 g/mol. The van der Waals surface area contributed by atoms with Gasteiger partial charge >= 0.3 is 5.97 Å². The zero-order valence-corrected chi connectivity index (χ0v) is 9.94. The Kier molecular flexibility index (Phi) is 8.43. The molecule has 0 aromatic carbocycles. The van der Waals surface area contributed by atoms with Crippen LogP contribution in [0, 0.1) is 0 Å². The Morgan fingerprint density at radius 3 is 2.62 bits per heavy atom. The standard InChI is InChI=1S/C12H20O4/c1-3-16-12(15)7-5-4-6-11(14)9-8-10(2)13/h8-9,11,14H,3-7H2,1-2H3/b9-8+. The van der Waals surface area contributed by atoms with Gasteiger partial charge in [0.05, 0.1) is 12.7 Å². The lowest BCUT2D eigenvalue weighted by molar-refractivity contribution is -0.143. The maximum Gasteiger partial charge on any atom is 0.305 e. The number of hydrogen-bond acceptors (Lipinski definition) is 4. The second-order valence-corrected chi connectivity index (χ2v) is 3.59. The topological polar surface area (TPSA) is 63.6 Å². The van der Waals surface area contributed by atoms with Gasteiger partial charge in [0, 0.05) is 6.42 Å². The highest BCUT2D eigenvalue weighted by Gasteiger charge is 2.03. The van der Waals surface area contributed by atoms with Crippen LogP contribution in [0.3, 0.4) is 0 Å². The minimum atomic E-state index is -0.605.